The van der Waals surface area contributed by atoms with Crippen molar-refractivity contribution in [3.05, 3.63) is 74.8 Å². The SMILES string of the molecule is O=S(=O)(Oc1c(Br)cc(Br)c2cccnc12)c1ccc(Cl)c2ccccc12. The van der Waals surface area contributed by atoms with Crippen LogP contribution in [0.5, 0.6) is 5.75 Å². The third kappa shape index (κ3) is 3.33. The van der Waals surface area contributed by atoms with Gasteiger partial charge in [0, 0.05) is 31.9 Å². The Labute approximate surface area is 177 Å². The van der Waals surface area contributed by atoms with Gasteiger partial charge in [-0.05, 0) is 40.2 Å². The van der Waals surface area contributed by atoms with Gasteiger partial charge in [-0.25, -0.2) is 0 Å². The van der Waals surface area contributed by atoms with Crippen molar-refractivity contribution in [2.45, 2.75) is 4.90 Å². The van der Waals surface area contributed by atoms with E-state index in [0.717, 1.165) is 9.86 Å². The molecule has 0 fully saturated rings. The van der Waals surface area contributed by atoms with Crippen LogP contribution >= 0.6 is 43.5 Å². The van der Waals surface area contributed by atoms with Gasteiger partial charge in [0.1, 0.15) is 10.4 Å². The number of nitrogens with zero attached hydrogens (tertiary/aromatic N) is 1. The maximum Gasteiger partial charge on any atom is 0.339 e. The van der Waals surface area contributed by atoms with Crippen LogP contribution in [-0.4, -0.2) is 13.4 Å². The fourth-order valence-electron chi connectivity index (χ4n) is 2.83. The van der Waals surface area contributed by atoms with Crippen molar-refractivity contribution in [1.29, 1.82) is 0 Å². The van der Waals surface area contributed by atoms with Gasteiger partial charge in [0.2, 0.25) is 0 Å². The summed E-state index contributed by atoms with van der Waals surface area (Å²) in [5.41, 5.74) is 0.431. The van der Waals surface area contributed by atoms with E-state index in [2.05, 4.69) is 36.8 Å². The lowest BCUT2D eigenvalue weighted by Crippen LogP contribution is -2.11. The molecule has 0 unspecified atom stereocenters. The van der Waals surface area contributed by atoms with Gasteiger partial charge in [-0.3, -0.25) is 4.98 Å². The summed E-state index contributed by atoms with van der Waals surface area (Å²) in [7, 11) is -4.13. The molecule has 4 rings (SSSR count). The minimum absolute atomic E-state index is 0.0430. The van der Waals surface area contributed by atoms with E-state index in [1.807, 2.05) is 6.07 Å². The quantitative estimate of drug-likeness (QED) is 0.292. The van der Waals surface area contributed by atoms with Gasteiger partial charge in [0.25, 0.3) is 0 Å². The smallest absolute Gasteiger partial charge is 0.339 e. The summed E-state index contributed by atoms with van der Waals surface area (Å²) < 4.78 is 32.9. The predicted octanol–water partition coefficient (Wildman–Crippen LogP) is 6.33. The topological polar surface area (TPSA) is 56.3 Å². The van der Waals surface area contributed by atoms with E-state index < -0.39 is 10.1 Å². The first-order valence-electron chi connectivity index (χ1n) is 7.73. The van der Waals surface area contributed by atoms with Crippen LogP contribution in [0.25, 0.3) is 21.7 Å². The normalized spacial score (nSPS) is 11.8. The lowest BCUT2D eigenvalue weighted by molar-refractivity contribution is 0.487. The molecule has 0 N–H and O–H groups in total. The van der Waals surface area contributed by atoms with Gasteiger partial charge >= 0.3 is 10.1 Å². The standard InChI is InChI=1S/C19H10Br2ClNO3S/c20-14-10-15(21)19(18-13(14)6-3-9-23-18)26-27(24,25)17-8-7-16(22)11-4-1-2-5-12(11)17/h1-10H. The molecule has 3 aromatic carbocycles. The Hall–Kier alpha value is -1.67. The molecule has 0 amide bonds. The molecule has 1 heterocycles. The number of fused-ring (bicyclic) bond motifs is 2. The van der Waals surface area contributed by atoms with E-state index in [0.29, 0.717) is 25.8 Å². The summed E-state index contributed by atoms with van der Waals surface area (Å²) in [6, 6.07) is 15.3. The van der Waals surface area contributed by atoms with Gasteiger partial charge in [0.15, 0.2) is 5.75 Å². The first-order valence-corrected chi connectivity index (χ1v) is 11.1. The molecule has 0 saturated heterocycles. The van der Waals surface area contributed by atoms with Crippen LogP contribution in [0.3, 0.4) is 0 Å². The Morgan fingerprint density at radius 1 is 0.889 bits per heavy atom. The molecule has 0 spiro atoms. The number of hydrogen-bond acceptors (Lipinski definition) is 4. The van der Waals surface area contributed by atoms with Gasteiger partial charge in [-0.2, -0.15) is 8.42 Å². The summed E-state index contributed by atoms with van der Waals surface area (Å²) >= 11 is 13.0. The van der Waals surface area contributed by atoms with E-state index in [1.54, 1.807) is 48.7 Å². The average Bonchev–Trinajstić information content (AvgIpc) is 2.65. The van der Waals surface area contributed by atoms with Crippen LogP contribution in [0.4, 0.5) is 0 Å². The van der Waals surface area contributed by atoms with Crippen LogP contribution in [0, 0.1) is 0 Å². The van der Waals surface area contributed by atoms with Crippen molar-refractivity contribution in [3.63, 3.8) is 0 Å². The van der Waals surface area contributed by atoms with Crippen LogP contribution in [-0.2, 0) is 10.1 Å². The molecule has 0 bridgehead atoms. The van der Waals surface area contributed by atoms with Crippen LogP contribution in [0.15, 0.2) is 74.6 Å². The van der Waals surface area contributed by atoms with E-state index in [4.69, 9.17) is 15.8 Å². The summed E-state index contributed by atoms with van der Waals surface area (Å²) in [5, 5.41) is 2.35. The Morgan fingerprint density at radius 3 is 2.37 bits per heavy atom. The monoisotopic (exact) mass is 525 g/mol. The lowest BCUT2D eigenvalue weighted by atomic mass is 10.1. The van der Waals surface area contributed by atoms with E-state index in [1.165, 1.54) is 6.07 Å². The molecule has 0 radical (unpaired) electrons. The van der Waals surface area contributed by atoms with Gasteiger partial charge in [-0.15, -0.1) is 0 Å². The molecule has 0 saturated carbocycles. The zero-order chi connectivity index (χ0) is 19.2. The number of pyridine rings is 1. The number of rotatable bonds is 3. The molecular weight excluding hydrogens is 518 g/mol. The second-order valence-electron chi connectivity index (χ2n) is 5.70. The minimum atomic E-state index is -4.13. The second kappa shape index (κ2) is 7.05. The summed E-state index contributed by atoms with van der Waals surface area (Å²) in [6.07, 6.45) is 1.58. The van der Waals surface area contributed by atoms with Gasteiger partial charge in [-0.1, -0.05) is 57.9 Å². The van der Waals surface area contributed by atoms with E-state index >= 15 is 0 Å². The first-order chi connectivity index (χ1) is 12.9. The van der Waals surface area contributed by atoms with Crippen LogP contribution < -0.4 is 4.18 Å². The minimum Gasteiger partial charge on any atom is -0.375 e. The molecule has 8 heteroatoms. The highest BCUT2D eigenvalue weighted by Crippen LogP contribution is 2.39. The molecule has 4 aromatic rings. The van der Waals surface area contributed by atoms with Gasteiger partial charge in [0.05, 0.1) is 4.47 Å². The van der Waals surface area contributed by atoms with E-state index in [9.17, 15) is 8.42 Å². The summed E-state index contributed by atoms with van der Waals surface area (Å²) in [4.78, 5) is 4.33. The number of benzene rings is 3. The molecule has 27 heavy (non-hydrogen) atoms. The highest BCUT2D eigenvalue weighted by atomic mass is 79.9. The van der Waals surface area contributed by atoms with Crippen molar-refractivity contribution >= 4 is 75.3 Å². The molecule has 136 valence electrons. The molecular formula is C19H10Br2ClNO3S. The second-order valence-corrected chi connectivity index (χ2v) is 9.33. The van der Waals surface area contributed by atoms with Crippen molar-refractivity contribution in [3.8, 4) is 5.75 Å². The van der Waals surface area contributed by atoms with Crippen molar-refractivity contribution < 1.29 is 12.6 Å². The first kappa shape index (κ1) is 18.7. The molecule has 0 atom stereocenters. The van der Waals surface area contributed by atoms with Crippen molar-refractivity contribution in [2.75, 3.05) is 0 Å². The van der Waals surface area contributed by atoms with Gasteiger partial charge < -0.3 is 4.18 Å². The summed E-state index contributed by atoms with van der Waals surface area (Å²) in [6.45, 7) is 0. The third-order valence-corrected chi connectivity index (χ3v) is 6.90. The Kier molecular flexibility index (Phi) is 4.88. The molecule has 4 nitrogen and oxygen atoms in total. The zero-order valence-electron chi connectivity index (χ0n) is 13.5. The molecule has 0 aliphatic heterocycles. The lowest BCUT2D eigenvalue weighted by Gasteiger charge is -2.13. The fourth-order valence-corrected chi connectivity index (χ4v) is 5.68. The third-order valence-electron chi connectivity index (χ3n) is 4.04. The van der Waals surface area contributed by atoms with Crippen LogP contribution in [0.2, 0.25) is 5.02 Å². The zero-order valence-corrected chi connectivity index (χ0v) is 18.2. The van der Waals surface area contributed by atoms with Crippen molar-refractivity contribution in [1.82, 2.24) is 4.98 Å². The molecule has 0 aliphatic carbocycles. The predicted molar refractivity (Wildman–Crippen MR) is 114 cm³/mol. The number of aromatic nitrogens is 1. The number of halogens is 3. The number of hydrogen-bond donors (Lipinski definition) is 0. The van der Waals surface area contributed by atoms with E-state index in [-0.39, 0.29) is 10.6 Å². The Bertz CT molecular complexity index is 1310. The Balaban J connectivity index is 1.92. The van der Waals surface area contributed by atoms with Crippen molar-refractivity contribution in [2.24, 2.45) is 0 Å². The Morgan fingerprint density at radius 2 is 1.59 bits per heavy atom. The fraction of sp³-hybridized carbons (Fsp3) is 0. The highest BCUT2D eigenvalue weighted by Gasteiger charge is 2.24. The maximum atomic E-state index is 13.1. The average molecular weight is 528 g/mol. The molecule has 0 aliphatic rings. The molecule has 1 aromatic heterocycles. The largest absolute Gasteiger partial charge is 0.375 e. The summed E-state index contributed by atoms with van der Waals surface area (Å²) in [5.74, 6) is 0.132. The highest BCUT2D eigenvalue weighted by molar-refractivity contribution is 9.11. The maximum absolute atomic E-state index is 13.1. The van der Waals surface area contributed by atoms with Crippen LogP contribution in [0.1, 0.15) is 0 Å².